The van der Waals surface area contributed by atoms with Crippen molar-refractivity contribution >= 4 is 62.6 Å². The molecule has 218 valence electrons. The Kier molecular flexibility index (Phi) is 10.7. The second-order valence-electron chi connectivity index (χ2n) is 8.75. The first-order valence-corrected chi connectivity index (χ1v) is 15.2. The van der Waals surface area contributed by atoms with Crippen LogP contribution in [0, 0.1) is 0 Å². The lowest BCUT2D eigenvalue weighted by Crippen LogP contribution is -2.39. The molecule has 0 aliphatic heterocycles. The molecule has 0 heterocycles. The van der Waals surface area contributed by atoms with Crippen molar-refractivity contribution in [1.29, 1.82) is 0 Å². The lowest BCUT2D eigenvalue weighted by atomic mass is 10.2. The third kappa shape index (κ3) is 7.95. The number of hydrazone groups is 1. The van der Waals surface area contributed by atoms with Gasteiger partial charge in [0.05, 0.1) is 33.4 Å². The standard InChI is InChI=1S/C30H26Cl3N3O5S/c1-2-40-28-17-22(13-16-27(28)41-20-21-11-14-23(31)15-12-21)18-34-35-29(37)19-36(26-10-6-9-25(32)30(26)33)42(38,39)24-7-4-3-5-8-24/h3-18H,2,19-20H2,1H3,(H,35,37)/b34-18-. The van der Waals surface area contributed by atoms with E-state index in [0.29, 0.717) is 35.3 Å². The van der Waals surface area contributed by atoms with Crippen LogP contribution < -0.4 is 19.2 Å². The molecule has 0 aromatic heterocycles. The van der Waals surface area contributed by atoms with Crippen molar-refractivity contribution in [1.82, 2.24) is 5.43 Å². The third-order valence-corrected chi connectivity index (χ3v) is 8.63. The minimum absolute atomic E-state index is 0.00296. The van der Waals surface area contributed by atoms with Crippen molar-refractivity contribution in [2.24, 2.45) is 5.10 Å². The topological polar surface area (TPSA) is 97.3 Å². The van der Waals surface area contributed by atoms with Crippen LogP contribution in [-0.2, 0) is 21.4 Å². The molecule has 0 fully saturated rings. The molecular weight excluding hydrogens is 621 g/mol. The van der Waals surface area contributed by atoms with Crippen LogP contribution in [0.15, 0.2) is 101 Å². The molecule has 1 N–H and O–H groups in total. The monoisotopic (exact) mass is 645 g/mol. The Morgan fingerprint density at radius 3 is 2.36 bits per heavy atom. The quantitative estimate of drug-likeness (QED) is 0.132. The minimum Gasteiger partial charge on any atom is -0.490 e. The smallest absolute Gasteiger partial charge is 0.264 e. The Morgan fingerprint density at radius 1 is 0.905 bits per heavy atom. The number of ether oxygens (including phenoxy) is 2. The molecule has 0 aliphatic carbocycles. The SMILES string of the molecule is CCOc1cc(/C=N\NC(=O)CN(c2cccc(Cl)c2Cl)S(=O)(=O)c2ccccc2)ccc1OCc1ccc(Cl)cc1. The molecule has 1 amide bonds. The fourth-order valence-electron chi connectivity index (χ4n) is 3.78. The van der Waals surface area contributed by atoms with Crippen LogP contribution in [0.25, 0.3) is 0 Å². The Morgan fingerprint density at radius 2 is 1.64 bits per heavy atom. The van der Waals surface area contributed by atoms with Crippen molar-refractivity contribution in [3.63, 3.8) is 0 Å². The summed E-state index contributed by atoms with van der Waals surface area (Å²) in [6.07, 6.45) is 1.41. The second-order valence-corrected chi connectivity index (χ2v) is 11.8. The molecule has 0 saturated heterocycles. The first-order chi connectivity index (χ1) is 20.2. The molecule has 0 spiro atoms. The molecule has 0 atom stereocenters. The number of nitrogens with one attached hydrogen (secondary N) is 1. The molecule has 4 aromatic carbocycles. The molecule has 0 unspecified atom stereocenters. The maximum Gasteiger partial charge on any atom is 0.264 e. The van der Waals surface area contributed by atoms with E-state index in [1.54, 1.807) is 54.6 Å². The normalized spacial score (nSPS) is 11.3. The maximum absolute atomic E-state index is 13.5. The number of benzene rings is 4. The summed E-state index contributed by atoms with van der Waals surface area (Å²) in [5.41, 5.74) is 3.99. The summed E-state index contributed by atoms with van der Waals surface area (Å²) in [7, 11) is -4.17. The van der Waals surface area contributed by atoms with Crippen molar-refractivity contribution in [3.8, 4) is 11.5 Å². The van der Waals surface area contributed by atoms with Gasteiger partial charge in [-0.2, -0.15) is 5.10 Å². The van der Waals surface area contributed by atoms with E-state index < -0.39 is 22.5 Å². The molecular formula is C30H26Cl3N3O5S. The van der Waals surface area contributed by atoms with E-state index in [9.17, 15) is 13.2 Å². The highest BCUT2D eigenvalue weighted by Gasteiger charge is 2.29. The zero-order valence-corrected chi connectivity index (χ0v) is 25.4. The van der Waals surface area contributed by atoms with Gasteiger partial charge in [0, 0.05) is 5.02 Å². The molecule has 42 heavy (non-hydrogen) atoms. The van der Waals surface area contributed by atoms with E-state index in [4.69, 9.17) is 44.3 Å². The number of anilines is 1. The van der Waals surface area contributed by atoms with Crippen LogP contribution in [0.1, 0.15) is 18.1 Å². The van der Waals surface area contributed by atoms with Gasteiger partial charge in [-0.05, 0) is 72.6 Å². The first-order valence-electron chi connectivity index (χ1n) is 12.7. The van der Waals surface area contributed by atoms with Crippen LogP contribution in [0.4, 0.5) is 5.69 Å². The fourth-order valence-corrected chi connectivity index (χ4v) is 5.81. The fraction of sp³-hybridized carbons (Fsp3) is 0.133. The number of rotatable bonds is 12. The Bertz CT molecular complexity index is 1670. The van der Waals surface area contributed by atoms with E-state index in [0.717, 1.165) is 9.87 Å². The predicted octanol–water partition coefficient (Wildman–Crippen LogP) is 6.97. The Balaban J connectivity index is 1.48. The van der Waals surface area contributed by atoms with Crippen LogP contribution in [-0.4, -0.2) is 33.7 Å². The van der Waals surface area contributed by atoms with E-state index in [2.05, 4.69) is 10.5 Å². The summed E-state index contributed by atoms with van der Waals surface area (Å²) in [4.78, 5) is 12.9. The van der Waals surface area contributed by atoms with Crippen LogP contribution >= 0.6 is 34.8 Å². The van der Waals surface area contributed by atoms with Gasteiger partial charge in [0.1, 0.15) is 13.2 Å². The summed E-state index contributed by atoms with van der Waals surface area (Å²) in [5, 5.41) is 4.79. The first kappa shape index (κ1) is 31.2. The van der Waals surface area contributed by atoms with Crippen molar-refractivity contribution in [3.05, 3.63) is 117 Å². The van der Waals surface area contributed by atoms with Crippen molar-refractivity contribution in [2.75, 3.05) is 17.5 Å². The van der Waals surface area contributed by atoms with Gasteiger partial charge in [-0.15, -0.1) is 0 Å². The van der Waals surface area contributed by atoms with E-state index >= 15 is 0 Å². The van der Waals surface area contributed by atoms with Crippen molar-refractivity contribution < 1.29 is 22.7 Å². The molecule has 0 aliphatic rings. The number of carbonyl (C=O) groups excluding carboxylic acids is 1. The zero-order chi connectivity index (χ0) is 30.1. The lowest BCUT2D eigenvalue weighted by Gasteiger charge is -2.24. The largest absolute Gasteiger partial charge is 0.490 e. The molecule has 8 nitrogen and oxygen atoms in total. The Hall–Kier alpha value is -3.76. The van der Waals surface area contributed by atoms with E-state index in [1.165, 1.54) is 30.5 Å². The number of hydrogen-bond donors (Lipinski definition) is 1. The molecule has 4 aromatic rings. The van der Waals surface area contributed by atoms with Gasteiger partial charge in [0.25, 0.3) is 15.9 Å². The third-order valence-electron chi connectivity index (χ3n) is 5.80. The van der Waals surface area contributed by atoms with Gasteiger partial charge in [0.15, 0.2) is 11.5 Å². The predicted molar refractivity (Wildman–Crippen MR) is 167 cm³/mol. The maximum atomic E-state index is 13.5. The Labute approximate surface area is 259 Å². The summed E-state index contributed by atoms with van der Waals surface area (Å²) >= 11 is 18.4. The molecule has 4 rings (SSSR count). The summed E-state index contributed by atoms with van der Waals surface area (Å²) in [6, 6.07) is 24.8. The molecule has 0 saturated carbocycles. The molecule has 0 radical (unpaired) electrons. The van der Waals surface area contributed by atoms with Crippen LogP contribution in [0.2, 0.25) is 15.1 Å². The summed E-state index contributed by atoms with van der Waals surface area (Å²) < 4.78 is 39.5. The molecule has 12 heteroatoms. The van der Waals surface area contributed by atoms with Gasteiger partial charge in [0.2, 0.25) is 0 Å². The minimum atomic E-state index is -4.17. The van der Waals surface area contributed by atoms with Crippen molar-refractivity contribution in [2.45, 2.75) is 18.4 Å². The number of nitrogens with zero attached hydrogens (tertiary/aromatic N) is 2. The number of sulfonamides is 1. The number of hydrogen-bond acceptors (Lipinski definition) is 6. The highest BCUT2D eigenvalue weighted by Crippen LogP contribution is 2.35. The highest BCUT2D eigenvalue weighted by atomic mass is 35.5. The van der Waals surface area contributed by atoms with Crippen LogP contribution in [0.5, 0.6) is 11.5 Å². The van der Waals surface area contributed by atoms with Gasteiger partial charge in [-0.3, -0.25) is 9.10 Å². The lowest BCUT2D eigenvalue weighted by molar-refractivity contribution is -0.119. The average Bonchev–Trinajstić information content (AvgIpc) is 2.98. The zero-order valence-electron chi connectivity index (χ0n) is 22.3. The number of carbonyl (C=O) groups is 1. The summed E-state index contributed by atoms with van der Waals surface area (Å²) in [5.74, 6) is 0.334. The number of halogens is 3. The van der Waals surface area contributed by atoms with E-state index in [-0.39, 0.29) is 20.6 Å². The average molecular weight is 647 g/mol. The highest BCUT2D eigenvalue weighted by molar-refractivity contribution is 7.92. The van der Waals surface area contributed by atoms with Crippen LogP contribution in [0.3, 0.4) is 0 Å². The summed E-state index contributed by atoms with van der Waals surface area (Å²) in [6.45, 7) is 1.98. The van der Waals surface area contributed by atoms with Gasteiger partial charge >= 0.3 is 0 Å². The van der Waals surface area contributed by atoms with Gasteiger partial charge < -0.3 is 9.47 Å². The van der Waals surface area contributed by atoms with Gasteiger partial charge in [-0.25, -0.2) is 13.8 Å². The molecule has 0 bridgehead atoms. The number of amides is 1. The van der Waals surface area contributed by atoms with Gasteiger partial charge in [-0.1, -0.05) is 71.2 Å². The van der Waals surface area contributed by atoms with E-state index in [1.807, 2.05) is 19.1 Å². The second kappa shape index (κ2) is 14.4.